The van der Waals surface area contributed by atoms with Gasteiger partial charge in [0, 0.05) is 19.5 Å². The minimum atomic E-state index is -0.763. The van der Waals surface area contributed by atoms with Crippen LogP contribution in [-0.4, -0.2) is 41.5 Å². The third-order valence-corrected chi connectivity index (χ3v) is 3.71. The van der Waals surface area contributed by atoms with E-state index in [4.69, 9.17) is 5.73 Å². The number of carbonyl (C=O) groups is 2. The van der Waals surface area contributed by atoms with Gasteiger partial charge in [-0.3, -0.25) is 9.59 Å². The zero-order chi connectivity index (χ0) is 13.6. The largest absolute Gasteiger partial charge is 0.481 e. The van der Waals surface area contributed by atoms with Gasteiger partial charge in [-0.05, 0) is 32.2 Å². The van der Waals surface area contributed by atoms with Crippen LogP contribution in [0.2, 0.25) is 0 Å². The predicted octanol–water partition coefficient (Wildman–Crippen LogP) is 1.22. The fourth-order valence-electron chi connectivity index (χ4n) is 2.72. The topological polar surface area (TPSA) is 83.6 Å². The number of piperidine rings is 1. The molecule has 5 heteroatoms. The maximum atomic E-state index is 11.9. The Morgan fingerprint density at radius 2 is 2.17 bits per heavy atom. The SMILES string of the molecule is CCCC1(C(=O)O)CCCN(C(=O)CCCN)C1. The third kappa shape index (κ3) is 3.45. The normalized spacial score (nSPS) is 24.0. The van der Waals surface area contributed by atoms with Gasteiger partial charge in [-0.15, -0.1) is 0 Å². The molecule has 0 saturated carbocycles. The van der Waals surface area contributed by atoms with Crippen LogP contribution in [0.5, 0.6) is 0 Å². The van der Waals surface area contributed by atoms with E-state index in [1.807, 2.05) is 6.92 Å². The van der Waals surface area contributed by atoms with Crippen molar-refractivity contribution in [2.45, 2.75) is 45.4 Å². The summed E-state index contributed by atoms with van der Waals surface area (Å²) in [5, 5.41) is 9.44. The summed E-state index contributed by atoms with van der Waals surface area (Å²) in [6.07, 6.45) is 4.03. The van der Waals surface area contributed by atoms with Crippen LogP contribution in [-0.2, 0) is 9.59 Å². The van der Waals surface area contributed by atoms with E-state index in [9.17, 15) is 14.7 Å². The summed E-state index contributed by atoms with van der Waals surface area (Å²) >= 11 is 0. The number of aliphatic carboxylic acids is 1. The molecule has 3 N–H and O–H groups in total. The molecule has 0 bridgehead atoms. The molecule has 1 saturated heterocycles. The number of carboxylic acid groups (broad SMARTS) is 1. The highest BCUT2D eigenvalue weighted by molar-refractivity contribution is 5.79. The average Bonchev–Trinajstić information content (AvgIpc) is 2.36. The van der Waals surface area contributed by atoms with Crippen molar-refractivity contribution in [1.82, 2.24) is 4.90 Å². The van der Waals surface area contributed by atoms with Crippen LogP contribution >= 0.6 is 0 Å². The molecular weight excluding hydrogens is 232 g/mol. The van der Waals surface area contributed by atoms with Gasteiger partial charge in [-0.2, -0.15) is 0 Å². The fourth-order valence-corrected chi connectivity index (χ4v) is 2.72. The molecule has 1 aliphatic heterocycles. The predicted molar refractivity (Wildman–Crippen MR) is 69.1 cm³/mol. The van der Waals surface area contributed by atoms with Crippen LogP contribution < -0.4 is 5.73 Å². The summed E-state index contributed by atoms with van der Waals surface area (Å²) in [5.41, 5.74) is 4.66. The highest BCUT2D eigenvalue weighted by Gasteiger charge is 2.42. The number of carbonyl (C=O) groups excluding carboxylic acids is 1. The molecule has 0 aromatic rings. The van der Waals surface area contributed by atoms with Crippen LogP contribution in [0, 0.1) is 5.41 Å². The Bertz CT molecular complexity index is 303. The zero-order valence-corrected chi connectivity index (χ0v) is 11.2. The summed E-state index contributed by atoms with van der Waals surface area (Å²) in [6, 6.07) is 0. The number of nitrogens with zero attached hydrogens (tertiary/aromatic N) is 1. The van der Waals surface area contributed by atoms with Crippen molar-refractivity contribution < 1.29 is 14.7 Å². The average molecular weight is 256 g/mol. The lowest BCUT2D eigenvalue weighted by molar-refractivity contribution is -0.155. The number of nitrogens with two attached hydrogens (primary N) is 1. The fraction of sp³-hybridized carbons (Fsp3) is 0.846. The molecule has 0 aliphatic carbocycles. The molecule has 18 heavy (non-hydrogen) atoms. The Kier molecular flexibility index (Phi) is 5.59. The van der Waals surface area contributed by atoms with Gasteiger partial charge in [0.25, 0.3) is 0 Å². The quantitative estimate of drug-likeness (QED) is 0.748. The van der Waals surface area contributed by atoms with Gasteiger partial charge in [-0.1, -0.05) is 13.3 Å². The van der Waals surface area contributed by atoms with Gasteiger partial charge in [-0.25, -0.2) is 0 Å². The number of rotatable bonds is 6. The van der Waals surface area contributed by atoms with Crippen molar-refractivity contribution in [3.8, 4) is 0 Å². The monoisotopic (exact) mass is 256 g/mol. The number of amides is 1. The van der Waals surface area contributed by atoms with Crippen molar-refractivity contribution in [2.24, 2.45) is 11.1 Å². The Morgan fingerprint density at radius 3 is 2.72 bits per heavy atom. The van der Waals surface area contributed by atoms with Crippen molar-refractivity contribution in [3.63, 3.8) is 0 Å². The van der Waals surface area contributed by atoms with Gasteiger partial charge in [0.1, 0.15) is 0 Å². The lowest BCUT2D eigenvalue weighted by Crippen LogP contribution is -2.49. The van der Waals surface area contributed by atoms with Crippen LogP contribution in [0.4, 0.5) is 0 Å². The van der Waals surface area contributed by atoms with E-state index in [1.165, 1.54) is 0 Å². The Morgan fingerprint density at radius 1 is 1.44 bits per heavy atom. The smallest absolute Gasteiger partial charge is 0.311 e. The number of likely N-dealkylation sites (tertiary alicyclic amines) is 1. The summed E-state index contributed by atoms with van der Waals surface area (Å²) in [6.45, 7) is 3.53. The molecule has 0 spiro atoms. The molecule has 0 aromatic heterocycles. The minimum Gasteiger partial charge on any atom is -0.481 e. The van der Waals surface area contributed by atoms with E-state index in [2.05, 4.69) is 0 Å². The van der Waals surface area contributed by atoms with Gasteiger partial charge >= 0.3 is 5.97 Å². The molecule has 1 fully saturated rings. The van der Waals surface area contributed by atoms with E-state index >= 15 is 0 Å². The van der Waals surface area contributed by atoms with Crippen molar-refractivity contribution in [1.29, 1.82) is 0 Å². The first-order valence-corrected chi connectivity index (χ1v) is 6.77. The highest BCUT2D eigenvalue weighted by Crippen LogP contribution is 2.35. The third-order valence-electron chi connectivity index (χ3n) is 3.71. The maximum Gasteiger partial charge on any atom is 0.311 e. The lowest BCUT2D eigenvalue weighted by Gasteiger charge is -2.40. The second-order valence-electron chi connectivity index (χ2n) is 5.15. The van der Waals surface area contributed by atoms with E-state index in [0.29, 0.717) is 45.3 Å². The van der Waals surface area contributed by atoms with Crippen LogP contribution in [0.3, 0.4) is 0 Å². The van der Waals surface area contributed by atoms with E-state index in [1.54, 1.807) is 4.90 Å². The first-order valence-electron chi connectivity index (χ1n) is 6.77. The summed E-state index contributed by atoms with van der Waals surface area (Å²) in [4.78, 5) is 25.2. The molecule has 1 rings (SSSR count). The molecule has 104 valence electrons. The van der Waals surface area contributed by atoms with Crippen molar-refractivity contribution >= 4 is 11.9 Å². The van der Waals surface area contributed by atoms with Crippen LogP contribution in [0.15, 0.2) is 0 Å². The van der Waals surface area contributed by atoms with E-state index in [0.717, 1.165) is 12.8 Å². The maximum absolute atomic E-state index is 11.9. The molecule has 1 unspecified atom stereocenters. The van der Waals surface area contributed by atoms with Crippen LogP contribution in [0.1, 0.15) is 45.4 Å². The molecule has 1 amide bonds. The standard InChI is InChI=1S/C13H24N2O3/c1-2-6-13(12(17)18)7-4-9-15(10-13)11(16)5-3-8-14/h2-10,14H2,1H3,(H,17,18). The van der Waals surface area contributed by atoms with Gasteiger partial charge in [0.05, 0.1) is 5.41 Å². The molecule has 5 nitrogen and oxygen atoms in total. The number of hydrogen-bond donors (Lipinski definition) is 2. The van der Waals surface area contributed by atoms with Gasteiger partial charge in [0.15, 0.2) is 0 Å². The van der Waals surface area contributed by atoms with Crippen molar-refractivity contribution in [3.05, 3.63) is 0 Å². The molecule has 0 radical (unpaired) electrons. The Labute approximate surface area is 108 Å². The first kappa shape index (κ1) is 15.0. The summed E-state index contributed by atoms with van der Waals surface area (Å²) in [5.74, 6) is -0.720. The van der Waals surface area contributed by atoms with E-state index in [-0.39, 0.29) is 5.91 Å². The number of carboxylic acids is 1. The summed E-state index contributed by atoms with van der Waals surface area (Å²) < 4.78 is 0. The highest BCUT2D eigenvalue weighted by atomic mass is 16.4. The molecule has 1 atom stereocenters. The second-order valence-corrected chi connectivity index (χ2v) is 5.15. The van der Waals surface area contributed by atoms with Gasteiger partial charge < -0.3 is 15.7 Å². The number of hydrogen-bond acceptors (Lipinski definition) is 3. The molecular formula is C13H24N2O3. The molecule has 1 aliphatic rings. The Hall–Kier alpha value is -1.10. The molecule has 1 heterocycles. The zero-order valence-electron chi connectivity index (χ0n) is 11.2. The van der Waals surface area contributed by atoms with Crippen LogP contribution in [0.25, 0.3) is 0 Å². The molecule has 0 aromatic carbocycles. The minimum absolute atomic E-state index is 0.0434. The lowest BCUT2D eigenvalue weighted by atomic mass is 9.76. The Balaban J connectivity index is 2.68. The van der Waals surface area contributed by atoms with E-state index < -0.39 is 11.4 Å². The first-order chi connectivity index (χ1) is 8.55. The van der Waals surface area contributed by atoms with Gasteiger partial charge in [0.2, 0.25) is 5.91 Å². The summed E-state index contributed by atoms with van der Waals surface area (Å²) in [7, 11) is 0. The second kappa shape index (κ2) is 6.73. The van der Waals surface area contributed by atoms with Crippen molar-refractivity contribution in [2.75, 3.05) is 19.6 Å².